The molecule has 0 saturated carbocycles. The molecule has 2 saturated heterocycles. The first-order chi connectivity index (χ1) is 15.7. The van der Waals surface area contributed by atoms with Crippen molar-refractivity contribution < 1.29 is 32.6 Å². The predicted molar refractivity (Wildman–Crippen MR) is 114 cm³/mol. The Hall–Kier alpha value is -3.15. The number of rotatable bonds is 5. The van der Waals surface area contributed by atoms with Crippen molar-refractivity contribution in [3.05, 3.63) is 30.1 Å². The van der Waals surface area contributed by atoms with Gasteiger partial charge in [0, 0.05) is 44.6 Å². The third kappa shape index (κ3) is 6.01. The molecule has 1 aromatic heterocycles. The predicted octanol–water partition coefficient (Wildman–Crippen LogP) is 2.61. The summed E-state index contributed by atoms with van der Waals surface area (Å²) in [7, 11) is 0. The summed E-state index contributed by atoms with van der Waals surface area (Å²) in [5, 5.41) is 10.4. The van der Waals surface area contributed by atoms with Crippen molar-refractivity contribution in [3.8, 4) is 0 Å². The molecule has 3 heterocycles. The molecule has 4 rings (SSSR count). The van der Waals surface area contributed by atoms with Gasteiger partial charge in [-0.05, 0) is 24.5 Å². The smallest absolute Gasteiger partial charge is 0.418 e. The van der Waals surface area contributed by atoms with Crippen molar-refractivity contribution >= 4 is 29.3 Å². The number of carbonyl (C=O) groups is 2. The normalized spacial score (nSPS) is 20.9. The van der Waals surface area contributed by atoms with E-state index >= 15 is 0 Å². The summed E-state index contributed by atoms with van der Waals surface area (Å²) in [6.07, 6.45) is -1.11. The quantitative estimate of drug-likeness (QED) is 0.644. The van der Waals surface area contributed by atoms with E-state index in [-0.39, 0.29) is 29.6 Å². The summed E-state index contributed by atoms with van der Waals surface area (Å²) in [4.78, 5) is 31.8. The summed E-state index contributed by atoms with van der Waals surface area (Å²) in [5.41, 5.74) is 0.0249. The fourth-order valence-corrected chi connectivity index (χ4v) is 4.26. The number of anilines is 1. The van der Waals surface area contributed by atoms with E-state index in [0.29, 0.717) is 44.4 Å². The van der Waals surface area contributed by atoms with Gasteiger partial charge in [0.1, 0.15) is 17.6 Å². The molecule has 2 aromatic rings. The Balaban J connectivity index is 0.000000968. The zero-order valence-electron chi connectivity index (χ0n) is 18.1. The lowest BCUT2D eigenvalue weighted by molar-refractivity contribution is -0.136. The van der Waals surface area contributed by atoms with Crippen LogP contribution in [0, 0.1) is 5.92 Å². The van der Waals surface area contributed by atoms with Crippen LogP contribution in [0.15, 0.2) is 24.5 Å². The number of amides is 1. The van der Waals surface area contributed by atoms with Gasteiger partial charge in [-0.1, -0.05) is 6.92 Å². The number of fused-ring (bicyclic) bond motifs is 1. The van der Waals surface area contributed by atoms with E-state index in [1.54, 1.807) is 4.90 Å². The van der Waals surface area contributed by atoms with Crippen LogP contribution in [0.25, 0.3) is 11.0 Å². The van der Waals surface area contributed by atoms with E-state index in [1.165, 1.54) is 18.5 Å². The van der Waals surface area contributed by atoms with Gasteiger partial charge in [-0.15, -0.1) is 0 Å². The Labute approximate surface area is 188 Å². The molecular formula is C21H26F3N5O4. The van der Waals surface area contributed by atoms with E-state index in [2.05, 4.69) is 27.1 Å². The molecule has 12 heteroatoms. The highest BCUT2D eigenvalue weighted by Crippen LogP contribution is 2.37. The molecule has 180 valence electrons. The summed E-state index contributed by atoms with van der Waals surface area (Å²) in [6.45, 7) is 5.47. The van der Waals surface area contributed by atoms with Gasteiger partial charge in [-0.25, -0.2) is 4.79 Å². The van der Waals surface area contributed by atoms with Crippen LogP contribution in [0.5, 0.6) is 0 Å². The van der Waals surface area contributed by atoms with Crippen molar-refractivity contribution in [2.24, 2.45) is 5.92 Å². The fraction of sp³-hybridized carbons (Fsp3) is 0.524. The summed E-state index contributed by atoms with van der Waals surface area (Å²) >= 11 is 0. The maximum atomic E-state index is 13.4. The summed E-state index contributed by atoms with van der Waals surface area (Å²) in [6, 6.07) is 2.74. The highest BCUT2D eigenvalue weighted by atomic mass is 19.4. The first-order valence-corrected chi connectivity index (χ1v) is 10.5. The van der Waals surface area contributed by atoms with Crippen molar-refractivity contribution in [3.63, 3.8) is 0 Å². The van der Waals surface area contributed by atoms with E-state index in [0.717, 1.165) is 19.0 Å². The molecule has 33 heavy (non-hydrogen) atoms. The lowest BCUT2D eigenvalue weighted by Gasteiger charge is -2.39. The number of alkyl halides is 3. The number of ether oxygens (including phenoxy) is 1. The van der Waals surface area contributed by atoms with Gasteiger partial charge in [0.25, 0.3) is 6.47 Å². The molecule has 9 nitrogen and oxygen atoms in total. The Morgan fingerprint density at radius 3 is 2.58 bits per heavy atom. The minimum absolute atomic E-state index is 0.127. The molecule has 2 aliphatic rings. The van der Waals surface area contributed by atoms with Gasteiger partial charge in [-0.2, -0.15) is 13.2 Å². The Kier molecular flexibility index (Phi) is 7.90. The second-order valence-electron chi connectivity index (χ2n) is 7.99. The minimum Gasteiger partial charge on any atom is -0.483 e. The first-order valence-electron chi connectivity index (χ1n) is 10.5. The van der Waals surface area contributed by atoms with E-state index in [1.807, 2.05) is 0 Å². The van der Waals surface area contributed by atoms with Crippen molar-refractivity contribution in [1.29, 1.82) is 0 Å². The molecule has 1 amide bonds. The van der Waals surface area contributed by atoms with E-state index in [9.17, 15) is 18.0 Å². The largest absolute Gasteiger partial charge is 0.483 e. The standard InChI is InChI=1S/C20H24F3N5O2.CH2O2/c1-13-10-14(24-6-7-27-8-9-30-19(27)29)12-28(11-13)16-3-2-15(20(21,22)23)17-18(16)26-5-4-25-17;2-1-3/h2-5,13-14,24H,6-12H2,1H3;1H,(H,2,3)/t13-,14+;/m0./s1. The summed E-state index contributed by atoms with van der Waals surface area (Å²) < 4.78 is 45.1. The topological polar surface area (TPSA) is 108 Å². The van der Waals surface area contributed by atoms with Crippen LogP contribution in [0.2, 0.25) is 0 Å². The number of piperidine rings is 1. The average molecular weight is 469 g/mol. The van der Waals surface area contributed by atoms with Crippen LogP contribution in [-0.4, -0.2) is 77.9 Å². The molecule has 0 aliphatic carbocycles. The number of aromatic nitrogens is 2. The lowest BCUT2D eigenvalue weighted by Crippen LogP contribution is -2.50. The maximum Gasteiger partial charge on any atom is 0.418 e. The van der Waals surface area contributed by atoms with Gasteiger partial charge in [0.15, 0.2) is 0 Å². The molecule has 0 bridgehead atoms. The number of halogens is 3. The van der Waals surface area contributed by atoms with E-state index in [4.69, 9.17) is 14.6 Å². The number of nitrogens with zero attached hydrogens (tertiary/aromatic N) is 4. The zero-order chi connectivity index (χ0) is 24.0. The van der Waals surface area contributed by atoms with E-state index < -0.39 is 11.7 Å². The Morgan fingerprint density at radius 1 is 1.24 bits per heavy atom. The second kappa shape index (κ2) is 10.6. The maximum absolute atomic E-state index is 13.4. The van der Waals surface area contributed by atoms with Crippen LogP contribution in [0.3, 0.4) is 0 Å². The van der Waals surface area contributed by atoms with Crippen LogP contribution >= 0.6 is 0 Å². The number of carbonyl (C=O) groups excluding carboxylic acids is 1. The number of nitrogens with one attached hydrogen (secondary N) is 1. The first kappa shape index (κ1) is 24.5. The zero-order valence-corrected chi connectivity index (χ0v) is 18.1. The van der Waals surface area contributed by atoms with Crippen molar-refractivity contribution in [2.75, 3.05) is 44.2 Å². The monoisotopic (exact) mass is 469 g/mol. The number of benzene rings is 1. The number of hydrogen-bond acceptors (Lipinski definition) is 7. The van der Waals surface area contributed by atoms with Gasteiger partial charge >= 0.3 is 12.3 Å². The van der Waals surface area contributed by atoms with Gasteiger partial charge in [-0.3, -0.25) is 14.8 Å². The molecule has 2 aliphatic heterocycles. The Morgan fingerprint density at radius 2 is 1.94 bits per heavy atom. The third-order valence-corrected chi connectivity index (χ3v) is 5.57. The SMILES string of the molecule is C[C@H]1C[C@@H](NCCN2CCOC2=O)CN(c2ccc(C(F)(F)F)c3nccnc23)C1.O=CO. The number of carboxylic acid groups (broad SMARTS) is 1. The number of cyclic esters (lactones) is 1. The van der Waals surface area contributed by atoms with Crippen molar-refractivity contribution in [2.45, 2.75) is 25.6 Å². The Bertz CT molecular complexity index is 975. The molecule has 2 atom stereocenters. The molecular weight excluding hydrogens is 443 g/mol. The lowest BCUT2D eigenvalue weighted by atomic mass is 9.95. The molecule has 0 unspecified atom stereocenters. The molecule has 0 spiro atoms. The average Bonchev–Trinajstić information content (AvgIpc) is 3.17. The fourth-order valence-electron chi connectivity index (χ4n) is 4.26. The van der Waals surface area contributed by atoms with Crippen LogP contribution in [-0.2, 0) is 15.7 Å². The summed E-state index contributed by atoms with van der Waals surface area (Å²) in [5.74, 6) is 0.349. The second-order valence-corrected chi connectivity index (χ2v) is 7.99. The highest BCUT2D eigenvalue weighted by Gasteiger charge is 2.35. The minimum atomic E-state index is -4.48. The van der Waals surface area contributed by atoms with Gasteiger partial charge in [0.2, 0.25) is 0 Å². The van der Waals surface area contributed by atoms with Crippen LogP contribution < -0.4 is 10.2 Å². The third-order valence-electron chi connectivity index (χ3n) is 5.57. The van der Waals surface area contributed by atoms with Crippen LogP contribution in [0.4, 0.5) is 23.7 Å². The van der Waals surface area contributed by atoms with Crippen LogP contribution in [0.1, 0.15) is 18.9 Å². The van der Waals surface area contributed by atoms with Gasteiger partial charge < -0.3 is 25.0 Å². The highest BCUT2D eigenvalue weighted by molar-refractivity contribution is 5.90. The van der Waals surface area contributed by atoms with Crippen molar-refractivity contribution in [1.82, 2.24) is 20.2 Å². The molecule has 2 N–H and O–H groups in total. The molecule has 0 radical (unpaired) electrons. The molecule has 2 fully saturated rings. The molecule has 1 aromatic carbocycles. The van der Waals surface area contributed by atoms with Gasteiger partial charge in [0.05, 0.1) is 17.8 Å². The number of hydrogen-bond donors (Lipinski definition) is 2.